The van der Waals surface area contributed by atoms with Crippen LogP contribution < -0.4 is 0 Å². The van der Waals surface area contributed by atoms with Gasteiger partial charge in [0.2, 0.25) is 0 Å². The molecule has 1 aromatic heterocycles. The SMILES string of the molecule is Clc1ccc(-c2cc(-c3ccc(Cl)cc3Cl)nc3ccc4ccccc4c23)cc1. The highest BCUT2D eigenvalue weighted by Crippen LogP contribution is 2.38. The lowest BCUT2D eigenvalue weighted by molar-refractivity contribution is 1.40. The van der Waals surface area contributed by atoms with Gasteiger partial charge in [0.05, 0.1) is 16.2 Å². The Kier molecular flexibility index (Phi) is 4.67. The zero-order chi connectivity index (χ0) is 20.0. The van der Waals surface area contributed by atoms with Crippen LogP contribution in [0.5, 0.6) is 0 Å². The van der Waals surface area contributed by atoms with Crippen molar-refractivity contribution in [2.45, 2.75) is 0 Å². The number of benzene rings is 4. The van der Waals surface area contributed by atoms with Crippen LogP contribution in [0.2, 0.25) is 15.1 Å². The van der Waals surface area contributed by atoms with Gasteiger partial charge < -0.3 is 0 Å². The molecule has 0 atom stereocenters. The van der Waals surface area contributed by atoms with Gasteiger partial charge in [-0.2, -0.15) is 0 Å². The number of hydrogen-bond donors (Lipinski definition) is 0. The zero-order valence-electron chi connectivity index (χ0n) is 15.2. The van der Waals surface area contributed by atoms with Crippen molar-refractivity contribution in [2.75, 3.05) is 0 Å². The van der Waals surface area contributed by atoms with E-state index in [0.717, 1.165) is 38.7 Å². The molecule has 0 N–H and O–H groups in total. The monoisotopic (exact) mass is 433 g/mol. The Labute approximate surface area is 183 Å². The van der Waals surface area contributed by atoms with Crippen molar-refractivity contribution in [1.29, 1.82) is 0 Å². The summed E-state index contributed by atoms with van der Waals surface area (Å²) in [4.78, 5) is 4.94. The molecule has 0 amide bonds. The Morgan fingerprint density at radius 1 is 0.621 bits per heavy atom. The number of halogens is 3. The summed E-state index contributed by atoms with van der Waals surface area (Å²) in [7, 11) is 0. The molecule has 0 aliphatic heterocycles. The molecule has 1 nitrogen and oxygen atoms in total. The van der Waals surface area contributed by atoms with Crippen LogP contribution >= 0.6 is 34.8 Å². The number of rotatable bonds is 2. The maximum absolute atomic E-state index is 6.49. The Morgan fingerprint density at radius 2 is 1.38 bits per heavy atom. The molecule has 0 fully saturated rings. The molecule has 0 radical (unpaired) electrons. The first-order chi connectivity index (χ1) is 14.1. The maximum atomic E-state index is 6.49. The van der Waals surface area contributed by atoms with Gasteiger partial charge in [0.15, 0.2) is 0 Å². The van der Waals surface area contributed by atoms with Crippen molar-refractivity contribution in [3.63, 3.8) is 0 Å². The third kappa shape index (κ3) is 3.36. The molecule has 4 aromatic carbocycles. The van der Waals surface area contributed by atoms with E-state index in [1.165, 1.54) is 5.39 Å². The standard InChI is InChI=1S/C25H14Cl3N/c26-17-8-5-16(6-9-17)21-14-24(20-11-10-18(27)13-22(20)28)29-23-12-7-15-3-1-2-4-19(15)25(21)23/h1-14H. The predicted molar refractivity (Wildman–Crippen MR) is 125 cm³/mol. The molecule has 0 unspecified atom stereocenters. The van der Waals surface area contributed by atoms with Gasteiger partial charge >= 0.3 is 0 Å². The maximum Gasteiger partial charge on any atom is 0.0730 e. The molecule has 0 saturated carbocycles. The molecule has 0 aliphatic carbocycles. The fraction of sp³-hybridized carbons (Fsp3) is 0. The molecular weight excluding hydrogens is 421 g/mol. The van der Waals surface area contributed by atoms with Crippen LogP contribution in [-0.4, -0.2) is 4.98 Å². The van der Waals surface area contributed by atoms with Crippen LogP contribution in [0.3, 0.4) is 0 Å². The Balaban J connectivity index is 1.88. The second-order valence-electron chi connectivity index (χ2n) is 6.87. The summed E-state index contributed by atoms with van der Waals surface area (Å²) in [6.07, 6.45) is 0. The topological polar surface area (TPSA) is 12.9 Å². The van der Waals surface area contributed by atoms with Gasteiger partial charge in [-0.3, -0.25) is 0 Å². The summed E-state index contributed by atoms with van der Waals surface area (Å²) < 4.78 is 0. The van der Waals surface area contributed by atoms with Crippen molar-refractivity contribution in [2.24, 2.45) is 0 Å². The van der Waals surface area contributed by atoms with Crippen LogP contribution in [0, 0.1) is 0 Å². The van der Waals surface area contributed by atoms with Crippen LogP contribution in [0.25, 0.3) is 44.1 Å². The van der Waals surface area contributed by atoms with Gasteiger partial charge in [-0.1, -0.05) is 77.3 Å². The molecule has 29 heavy (non-hydrogen) atoms. The van der Waals surface area contributed by atoms with Crippen molar-refractivity contribution >= 4 is 56.5 Å². The second kappa shape index (κ2) is 7.35. The number of nitrogens with zero attached hydrogens (tertiary/aromatic N) is 1. The van der Waals surface area contributed by atoms with E-state index in [4.69, 9.17) is 39.8 Å². The highest BCUT2D eigenvalue weighted by Gasteiger charge is 2.14. The summed E-state index contributed by atoms with van der Waals surface area (Å²) >= 11 is 18.7. The smallest absolute Gasteiger partial charge is 0.0730 e. The summed E-state index contributed by atoms with van der Waals surface area (Å²) in [6, 6.07) is 28.0. The fourth-order valence-corrected chi connectivity index (χ4v) is 4.33. The lowest BCUT2D eigenvalue weighted by Gasteiger charge is -2.14. The number of aromatic nitrogens is 1. The average molecular weight is 435 g/mol. The Morgan fingerprint density at radius 3 is 2.17 bits per heavy atom. The number of hydrogen-bond acceptors (Lipinski definition) is 1. The third-order valence-corrected chi connectivity index (χ3v) is 5.86. The third-order valence-electron chi connectivity index (χ3n) is 5.06. The van der Waals surface area contributed by atoms with Crippen molar-refractivity contribution in [3.05, 3.63) is 100.0 Å². The lowest BCUT2D eigenvalue weighted by Crippen LogP contribution is -1.92. The summed E-state index contributed by atoms with van der Waals surface area (Å²) in [5, 5.41) is 5.33. The van der Waals surface area contributed by atoms with E-state index in [-0.39, 0.29) is 0 Å². The van der Waals surface area contributed by atoms with Crippen LogP contribution in [0.4, 0.5) is 0 Å². The first kappa shape index (κ1) is 18.4. The Bertz CT molecular complexity index is 1370. The van der Waals surface area contributed by atoms with Gasteiger partial charge in [-0.05, 0) is 64.4 Å². The van der Waals surface area contributed by atoms with Crippen molar-refractivity contribution in [1.82, 2.24) is 4.98 Å². The van der Waals surface area contributed by atoms with Gasteiger partial charge in [0.1, 0.15) is 0 Å². The highest BCUT2D eigenvalue weighted by molar-refractivity contribution is 6.36. The Hall–Kier alpha value is -2.58. The summed E-state index contributed by atoms with van der Waals surface area (Å²) in [6.45, 7) is 0. The van der Waals surface area contributed by atoms with E-state index in [1.807, 2.05) is 42.5 Å². The van der Waals surface area contributed by atoms with E-state index in [0.29, 0.717) is 15.1 Å². The molecule has 140 valence electrons. The molecule has 5 rings (SSSR count). The average Bonchev–Trinajstić information content (AvgIpc) is 2.73. The van der Waals surface area contributed by atoms with E-state index < -0.39 is 0 Å². The van der Waals surface area contributed by atoms with E-state index in [9.17, 15) is 0 Å². The van der Waals surface area contributed by atoms with Gasteiger partial charge in [0, 0.05) is 21.0 Å². The normalized spacial score (nSPS) is 11.3. The molecule has 0 bridgehead atoms. The fourth-order valence-electron chi connectivity index (χ4n) is 3.70. The van der Waals surface area contributed by atoms with Crippen LogP contribution in [0.1, 0.15) is 0 Å². The van der Waals surface area contributed by atoms with Gasteiger partial charge in [0.25, 0.3) is 0 Å². The molecule has 5 aromatic rings. The minimum atomic E-state index is 0.576. The van der Waals surface area contributed by atoms with Crippen molar-refractivity contribution < 1.29 is 0 Å². The predicted octanol–water partition coefficient (Wildman–Crippen LogP) is 8.68. The molecule has 0 aliphatic rings. The molecule has 0 spiro atoms. The van der Waals surface area contributed by atoms with E-state index in [2.05, 4.69) is 36.4 Å². The number of pyridine rings is 1. The number of fused-ring (bicyclic) bond motifs is 3. The van der Waals surface area contributed by atoms with Gasteiger partial charge in [-0.15, -0.1) is 0 Å². The quantitative estimate of drug-likeness (QED) is 0.253. The molecule has 0 saturated heterocycles. The minimum absolute atomic E-state index is 0.576. The molecule has 1 heterocycles. The largest absolute Gasteiger partial charge is 0.248 e. The second-order valence-corrected chi connectivity index (χ2v) is 8.15. The van der Waals surface area contributed by atoms with Crippen molar-refractivity contribution in [3.8, 4) is 22.4 Å². The summed E-state index contributed by atoms with van der Waals surface area (Å²) in [5.74, 6) is 0. The van der Waals surface area contributed by atoms with Crippen LogP contribution in [0.15, 0.2) is 84.9 Å². The van der Waals surface area contributed by atoms with Gasteiger partial charge in [-0.25, -0.2) is 4.98 Å². The molecule has 4 heteroatoms. The van der Waals surface area contributed by atoms with Crippen LogP contribution in [-0.2, 0) is 0 Å². The zero-order valence-corrected chi connectivity index (χ0v) is 17.4. The van der Waals surface area contributed by atoms with E-state index in [1.54, 1.807) is 6.07 Å². The first-order valence-corrected chi connectivity index (χ1v) is 10.3. The summed E-state index contributed by atoms with van der Waals surface area (Å²) in [5.41, 5.74) is 4.73. The lowest BCUT2D eigenvalue weighted by atomic mass is 9.94. The molecular formula is C25H14Cl3N. The first-order valence-electron chi connectivity index (χ1n) is 9.14. The minimum Gasteiger partial charge on any atom is -0.248 e. The highest BCUT2D eigenvalue weighted by atomic mass is 35.5. The van der Waals surface area contributed by atoms with E-state index >= 15 is 0 Å².